The van der Waals surface area contributed by atoms with E-state index in [1.807, 2.05) is 19.1 Å². The van der Waals surface area contributed by atoms with Gasteiger partial charge in [0, 0.05) is 0 Å². The standard InChI is InChI=1S/C23H26N2O3/c1-14(2)13-17-9-11-18(12-10-17)15(3)24-21(26)16(4)25-22(27)19-7-5-6-8-20(19)23(25)28/h5-12,14-16H,13H2,1-4H3,(H,24,26)/t15-,16+/m0/s1. The number of hydrogen-bond donors (Lipinski definition) is 1. The molecule has 0 radical (unpaired) electrons. The highest BCUT2D eigenvalue weighted by Crippen LogP contribution is 2.25. The maximum absolute atomic E-state index is 12.7. The van der Waals surface area contributed by atoms with Crippen LogP contribution in [-0.2, 0) is 11.2 Å². The van der Waals surface area contributed by atoms with Crippen LogP contribution in [0.5, 0.6) is 0 Å². The lowest BCUT2D eigenvalue weighted by Crippen LogP contribution is -2.48. The van der Waals surface area contributed by atoms with Crippen LogP contribution in [0.1, 0.15) is 65.6 Å². The molecule has 2 atom stereocenters. The van der Waals surface area contributed by atoms with Gasteiger partial charge in [-0.2, -0.15) is 0 Å². The molecule has 0 fully saturated rings. The van der Waals surface area contributed by atoms with Crippen molar-refractivity contribution in [1.29, 1.82) is 0 Å². The second kappa shape index (κ2) is 7.97. The summed E-state index contributed by atoms with van der Waals surface area (Å²) in [4.78, 5) is 38.9. The van der Waals surface area contributed by atoms with E-state index < -0.39 is 17.9 Å². The number of rotatable bonds is 6. The molecule has 0 aromatic heterocycles. The molecular weight excluding hydrogens is 352 g/mol. The number of carbonyl (C=O) groups is 3. The third-order valence-electron chi connectivity index (χ3n) is 5.07. The minimum absolute atomic E-state index is 0.224. The Morgan fingerprint density at radius 1 is 0.893 bits per heavy atom. The zero-order valence-electron chi connectivity index (χ0n) is 16.7. The first kappa shape index (κ1) is 19.8. The maximum atomic E-state index is 12.7. The second-order valence-electron chi connectivity index (χ2n) is 7.77. The average molecular weight is 378 g/mol. The Morgan fingerprint density at radius 3 is 1.93 bits per heavy atom. The molecule has 5 heteroatoms. The Balaban J connectivity index is 1.67. The third-order valence-corrected chi connectivity index (χ3v) is 5.07. The summed E-state index contributed by atoms with van der Waals surface area (Å²) in [7, 11) is 0. The van der Waals surface area contributed by atoms with Crippen molar-refractivity contribution < 1.29 is 14.4 Å². The topological polar surface area (TPSA) is 66.5 Å². The zero-order valence-corrected chi connectivity index (χ0v) is 16.7. The van der Waals surface area contributed by atoms with Gasteiger partial charge in [0.25, 0.3) is 11.8 Å². The Bertz CT molecular complexity index is 867. The number of imide groups is 1. The van der Waals surface area contributed by atoms with Crippen LogP contribution in [0, 0.1) is 5.92 Å². The Hall–Kier alpha value is -2.95. The van der Waals surface area contributed by atoms with Gasteiger partial charge in [0.15, 0.2) is 0 Å². The summed E-state index contributed by atoms with van der Waals surface area (Å²) in [6, 6.07) is 13.7. The molecule has 0 saturated heterocycles. The fourth-order valence-electron chi connectivity index (χ4n) is 3.51. The summed E-state index contributed by atoms with van der Waals surface area (Å²) in [5, 5.41) is 2.92. The van der Waals surface area contributed by atoms with E-state index in [-0.39, 0.29) is 11.9 Å². The molecule has 28 heavy (non-hydrogen) atoms. The van der Waals surface area contributed by atoms with E-state index in [2.05, 4.69) is 31.3 Å². The van der Waals surface area contributed by atoms with Crippen molar-refractivity contribution in [3.63, 3.8) is 0 Å². The highest BCUT2D eigenvalue weighted by atomic mass is 16.2. The molecular formula is C23H26N2O3. The minimum atomic E-state index is -0.880. The molecule has 1 heterocycles. The lowest BCUT2D eigenvalue weighted by atomic mass is 10.00. The molecule has 1 aliphatic heterocycles. The Morgan fingerprint density at radius 2 is 1.43 bits per heavy atom. The Labute approximate surface area is 165 Å². The van der Waals surface area contributed by atoms with Gasteiger partial charge in [-0.25, -0.2) is 0 Å². The van der Waals surface area contributed by atoms with Crippen molar-refractivity contribution in [2.45, 2.75) is 46.2 Å². The first-order chi connectivity index (χ1) is 13.3. The van der Waals surface area contributed by atoms with Gasteiger partial charge in [-0.3, -0.25) is 19.3 Å². The summed E-state index contributed by atoms with van der Waals surface area (Å²) in [6.07, 6.45) is 1.01. The molecule has 0 aliphatic carbocycles. The molecule has 0 bridgehead atoms. The first-order valence-electron chi connectivity index (χ1n) is 9.65. The molecule has 3 rings (SSSR count). The molecule has 1 aliphatic rings. The van der Waals surface area contributed by atoms with Crippen LogP contribution < -0.4 is 5.32 Å². The van der Waals surface area contributed by atoms with Gasteiger partial charge in [-0.1, -0.05) is 50.2 Å². The molecule has 2 aromatic rings. The van der Waals surface area contributed by atoms with Gasteiger partial charge in [0.2, 0.25) is 5.91 Å². The molecule has 5 nitrogen and oxygen atoms in total. The fraction of sp³-hybridized carbons (Fsp3) is 0.348. The van der Waals surface area contributed by atoms with Gasteiger partial charge in [0.05, 0.1) is 17.2 Å². The summed E-state index contributed by atoms with van der Waals surface area (Å²) in [6.45, 7) is 7.83. The van der Waals surface area contributed by atoms with Gasteiger partial charge < -0.3 is 5.32 Å². The van der Waals surface area contributed by atoms with Crippen molar-refractivity contribution in [3.8, 4) is 0 Å². The molecule has 0 unspecified atom stereocenters. The summed E-state index contributed by atoms with van der Waals surface area (Å²) in [5.41, 5.74) is 2.94. The number of carbonyl (C=O) groups excluding carboxylic acids is 3. The summed E-state index contributed by atoms with van der Waals surface area (Å²) in [5.74, 6) is -0.611. The van der Waals surface area contributed by atoms with Gasteiger partial charge >= 0.3 is 0 Å². The molecule has 1 N–H and O–H groups in total. The molecule has 3 amide bonds. The lowest BCUT2D eigenvalue weighted by molar-refractivity contribution is -0.125. The molecule has 2 aromatic carbocycles. The Kier molecular flexibility index (Phi) is 5.63. The van der Waals surface area contributed by atoms with Crippen LogP contribution in [0.15, 0.2) is 48.5 Å². The second-order valence-corrected chi connectivity index (χ2v) is 7.77. The predicted molar refractivity (Wildman–Crippen MR) is 108 cm³/mol. The van der Waals surface area contributed by atoms with E-state index in [9.17, 15) is 14.4 Å². The van der Waals surface area contributed by atoms with Crippen LogP contribution >= 0.6 is 0 Å². The van der Waals surface area contributed by atoms with Gasteiger partial charge in [-0.05, 0) is 49.4 Å². The van der Waals surface area contributed by atoms with Crippen LogP contribution in [0.25, 0.3) is 0 Å². The quantitative estimate of drug-likeness (QED) is 0.779. The van der Waals surface area contributed by atoms with Gasteiger partial charge in [-0.15, -0.1) is 0 Å². The smallest absolute Gasteiger partial charge is 0.262 e. The number of nitrogens with one attached hydrogen (secondary N) is 1. The number of amides is 3. The summed E-state index contributed by atoms with van der Waals surface area (Å²) < 4.78 is 0. The van der Waals surface area contributed by atoms with Crippen molar-refractivity contribution in [2.75, 3.05) is 0 Å². The normalized spacial score (nSPS) is 15.5. The lowest BCUT2D eigenvalue weighted by Gasteiger charge is -2.24. The van der Waals surface area contributed by atoms with E-state index in [4.69, 9.17) is 0 Å². The van der Waals surface area contributed by atoms with Crippen molar-refractivity contribution >= 4 is 17.7 Å². The van der Waals surface area contributed by atoms with E-state index in [1.165, 1.54) is 5.56 Å². The van der Waals surface area contributed by atoms with Crippen LogP contribution in [-0.4, -0.2) is 28.7 Å². The summed E-state index contributed by atoms with van der Waals surface area (Å²) >= 11 is 0. The van der Waals surface area contributed by atoms with Gasteiger partial charge in [0.1, 0.15) is 6.04 Å². The number of nitrogens with zero attached hydrogens (tertiary/aromatic N) is 1. The molecule has 0 saturated carbocycles. The van der Waals surface area contributed by atoms with E-state index in [1.54, 1.807) is 31.2 Å². The molecule has 0 spiro atoms. The van der Waals surface area contributed by atoms with E-state index in [0.29, 0.717) is 17.0 Å². The maximum Gasteiger partial charge on any atom is 0.262 e. The number of benzene rings is 2. The van der Waals surface area contributed by atoms with E-state index >= 15 is 0 Å². The highest BCUT2D eigenvalue weighted by molar-refractivity contribution is 6.22. The largest absolute Gasteiger partial charge is 0.348 e. The fourth-order valence-corrected chi connectivity index (χ4v) is 3.51. The zero-order chi connectivity index (χ0) is 20.4. The number of fused-ring (bicyclic) bond motifs is 1. The van der Waals surface area contributed by atoms with E-state index in [0.717, 1.165) is 16.9 Å². The van der Waals surface area contributed by atoms with Crippen LogP contribution in [0.4, 0.5) is 0 Å². The first-order valence-corrected chi connectivity index (χ1v) is 9.65. The van der Waals surface area contributed by atoms with Crippen molar-refractivity contribution in [3.05, 3.63) is 70.8 Å². The predicted octanol–water partition coefficient (Wildman–Crippen LogP) is 3.75. The van der Waals surface area contributed by atoms with Crippen molar-refractivity contribution in [1.82, 2.24) is 10.2 Å². The SMILES string of the molecule is CC(C)Cc1ccc([C@H](C)NC(=O)[C@@H](C)N2C(=O)c3ccccc3C2=O)cc1. The monoisotopic (exact) mass is 378 g/mol. The van der Waals surface area contributed by atoms with Crippen LogP contribution in [0.3, 0.4) is 0 Å². The molecule has 146 valence electrons. The third kappa shape index (κ3) is 3.84. The number of hydrogen-bond acceptors (Lipinski definition) is 3. The van der Waals surface area contributed by atoms with Crippen molar-refractivity contribution in [2.24, 2.45) is 5.92 Å². The average Bonchev–Trinajstić information content (AvgIpc) is 2.92. The minimum Gasteiger partial charge on any atom is -0.348 e. The van der Waals surface area contributed by atoms with Crippen LogP contribution in [0.2, 0.25) is 0 Å². The highest BCUT2D eigenvalue weighted by Gasteiger charge is 2.40.